The van der Waals surface area contributed by atoms with Crippen LogP contribution in [0.5, 0.6) is 11.5 Å². The number of hydrogen-bond donors (Lipinski definition) is 2. The number of phenols is 1. The Kier molecular flexibility index (Phi) is 5.73. The number of likely N-dealkylation sites (tertiary alicyclic amines) is 1. The van der Waals surface area contributed by atoms with Gasteiger partial charge in [0.25, 0.3) is 0 Å². The summed E-state index contributed by atoms with van der Waals surface area (Å²) in [5, 5.41) is 10.3. The summed E-state index contributed by atoms with van der Waals surface area (Å²) in [6.07, 6.45) is 2.39. The number of nitrogens with zero attached hydrogens (tertiary/aromatic N) is 1. The van der Waals surface area contributed by atoms with Crippen LogP contribution in [0.2, 0.25) is 5.02 Å². The molecule has 0 radical (unpaired) electrons. The molecule has 0 spiro atoms. The van der Waals surface area contributed by atoms with Crippen LogP contribution in [0.25, 0.3) is 0 Å². The smallest absolute Gasteiger partial charge is 0.176 e. The van der Waals surface area contributed by atoms with Crippen molar-refractivity contribution in [3.63, 3.8) is 0 Å². The molecule has 1 saturated heterocycles. The van der Waals surface area contributed by atoms with E-state index >= 15 is 0 Å². The molecule has 1 aliphatic heterocycles. The minimum atomic E-state index is 0.00491. The molecule has 21 heavy (non-hydrogen) atoms. The summed E-state index contributed by atoms with van der Waals surface area (Å²) in [5.74, 6) is 1.22. The van der Waals surface area contributed by atoms with E-state index in [1.807, 2.05) is 13.0 Å². The number of piperidine rings is 1. The van der Waals surface area contributed by atoms with Crippen molar-refractivity contribution in [3.8, 4) is 11.5 Å². The average Bonchev–Trinajstić information content (AvgIpc) is 2.47. The topological polar surface area (TPSA) is 58.7 Å². The van der Waals surface area contributed by atoms with E-state index in [0.29, 0.717) is 23.9 Å². The van der Waals surface area contributed by atoms with Crippen molar-refractivity contribution in [1.29, 1.82) is 0 Å². The first-order chi connectivity index (χ1) is 10.1. The second-order valence-corrected chi connectivity index (χ2v) is 6.16. The SMILES string of the molecule is CCOc1cc(C(CN)N2CCC(C)CC2)cc(Cl)c1O. The molecule has 2 rings (SSSR count). The standard InChI is InChI=1S/C16H25ClN2O2/c1-3-21-15-9-12(8-13(17)16(15)20)14(10-18)19-6-4-11(2)5-7-19/h8-9,11,14,20H,3-7,10,18H2,1-2H3. The van der Waals surface area contributed by atoms with Crippen LogP contribution in [0.3, 0.4) is 0 Å². The molecule has 0 saturated carbocycles. The van der Waals surface area contributed by atoms with Gasteiger partial charge in [-0.1, -0.05) is 18.5 Å². The third-order valence-corrected chi connectivity index (χ3v) is 4.51. The second kappa shape index (κ2) is 7.34. The summed E-state index contributed by atoms with van der Waals surface area (Å²) in [6.45, 7) is 7.28. The fraction of sp³-hybridized carbons (Fsp3) is 0.625. The fourth-order valence-corrected chi connectivity index (χ4v) is 3.11. The highest BCUT2D eigenvalue weighted by Gasteiger charge is 2.25. The Bertz CT molecular complexity index is 474. The zero-order chi connectivity index (χ0) is 15.4. The van der Waals surface area contributed by atoms with Gasteiger partial charge in [0.05, 0.1) is 11.6 Å². The number of halogens is 1. The van der Waals surface area contributed by atoms with Crippen molar-refractivity contribution in [2.24, 2.45) is 11.7 Å². The molecule has 3 N–H and O–H groups in total. The van der Waals surface area contributed by atoms with E-state index in [-0.39, 0.29) is 11.8 Å². The Morgan fingerprint density at radius 3 is 2.67 bits per heavy atom. The van der Waals surface area contributed by atoms with Gasteiger partial charge in [-0.25, -0.2) is 0 Å². The van der Waals surface area contributed by atoms with Gasteiger partial charge in [0, 0.05) is 12.6 Å². The van der Waals surface area contributed by atoms with Crippen molar-refractivity contribution >= 4 is 11.6 Å². The summed E-state index contributed by atoms with van der Waals surface area (Å²) in [7, 11) is 0. The van der Waals surface area contributed by atoms with Crippen molar-refractivity contribution < 1.29 is 9.84 Å². The Morgan fingerprint density at radius 1 is 1.43 bits per heavy atom. The summed E-state index contributed by atoms with van der Waals surface area (Å²) < 4.78 is 5.46. The van der Waals surface area contributed by atoms with E-state index in [4.69, 9.17) is 22.1 Å². The zero-order valence-electron chi connectivity index (χ0n) is 12.8. The molecular weight excluding hydrogens is 288 g/mol. The Morgan fingerprint density at radius 2 is 2.10 bits per heavy atom. The number of nitrogens with two attached hydrogens (primary N) is 1. The third-order valence-electron chi connectivity index (χ3n) is 4.22. The predicted molar refractivity (Wildman–Crippen MR) is 86.1 cm³/mol. The summed E-state index contributed by atoms with van der Waals surface area (Å²) >= 11 is 6.13. The number of phenolic OH excluding ortho intramolecular Hbond substituents is 1. The molecule has 0 aliphatic carbocycles. The normalized spacial score (nSPS) is 18.7. The lowest BCUT2D eigenvalue weighted by Gasteiger charge is -2.36. The van der Waals surface area contributed by atoms with Crippen LogP contribution >= 0.6 is 11.6 Å². The quantitative estimate of drug-likeness (QED) is 0.876. The molecule has 0 amide bonds. The largest absolute Gasteiger partial charge is 0.503 e. The van der Waals surface area contributed by atoms with Crippen LogP contribution in [-0.4, -0.2) is 36.2 Å². The van der Waals surface area contributed by atoms with E-state index in [1.54, 1.807) is 6.07 Å². The first kappa shape index (κ1) is 16.4. The Labute approximate surface area is 131 Å². The number of rotatable bonds is 5. The van der Waals surface area contributed by atoms with Crippen LogP contribution in [-0.2, 0) is 0 Å². The summed E-state index contributed by atoms with van der Waals surface area (Å²) in [5.41, 5.74) is 7.01. The molecule has 1 heterocycles. The average molecular weight is 313 g/mol. The number of benzene rings is 1. The molecule has 1 unspecified atom stereocenters. The maximum Gasteiger partial charge on any atom is 0.176 e. The van der Waals surface area contributed by atoms with Crippen molar-refractivity contribution in [3.05, 3.63) is 22.7 Å². The van der Waals surface area contributed by atoms with Gasteiger partial charge < -0.3 is 15.6 Å². The molecule has 1 aromatic carbocycles. The molecule has 4 nitrogen and oxygen atoms in total. The van der Waals surface area contributed by atoms with Crippen LogP contribution in [0.1, 0.15) is 38.3 Å². The highest BCUT2D eigenvalue weighted by Crippen LogP contribution is 2.38. The van der Waals surface area contributed by atoms with Gasteiger partial charge in [-0.05, 0) is 56.5 Å². The fourth-order valence-electron chi connectivity index (χ4n) is 2.89. The second-order valence-electron chi connectivity index (χ2n) is 5.75. The Hall–Kier alpha value is -0.970. The lowest BCUT2D eigenvalue weighted by Crippen LogP contribution is -2.39. The number of aromatic hydroxyl groups is 1. The predicted octanol–water partition coefficient (Wildman–Crippen LogP) is 3.18. The molecule has 5 heteroatoms. The van der Waals surface area contributed by atoms with Crippen LogP contribution in [0.4, 0.5) is 0 Å². The van der Waals surface area contributed by atoms with Crippen molar-refractivity contribution in [2.45, 2.75) is 32.7 Å². The van der Waals surface area contributed by atoms with Crippen LogP contribution in [0, 0.1) is 5.92 Å². The van der Waals surface area contributed by atoms with Gasteiger partial charge in [0.2, 0.25) is 0 Å². The van der Waals surface area contributed by atoms with Crippen molar-refractivity contribution in [1.82, 2.24) is 4.90 Å². The molecule has 0 aromatic heterocycles. The highest BCUT2D eigenvalue weighted by atomic mass is 35.5. The van der Waals surface area contributed by atoms with Crippen molar-refractivity contribution in [2.75, 3.05) is 26.2 Å². The van der Waals surface area contributed by atoms with E-state index < -0.39 is 0 Å². The van der Waals surface area contributed by atoms with E-state index in [2.05, 4.69) is 11.8 Å². The van der Waals surface area contributed by atoms with Gasteiger partial charge in [0.15, 0.2) is 11.5 Å². The first-order valence-electron chi connectivity index (χ1n) is 7.66. The number of hydrogen-bond acceptors (Lipinski definition) is 4. The van der Waals surface area contributed by atoms with E-state index in [1.165, 1.54) is 12.8 Å². The summed E-state index contributed by atoms with van der Waals surface area (Å²) in [6, 6.07) is 3.78. The molecule has 1 fully saturated rings. The minimum Gasteiger partial charge on any atom is -0.503 e. The minimum absolute atomic E-state index is 0.00491. The highest BCUT2D eigenvalue weighted by molar-refractivity contribution is 6.32. The lowest BCUT2D eigenvalue weighted by molar-refractivity contribution is 0.141. The molecule has 1 aromatic rings. The maximum absolute atomic E-state index is 9.95. The molecular formula is C16H25ClN2O2. The Balaban J connectivity index is 2.25. The van der Waals surface area contributed by atoms with Gasteiger partial charge in [0.1, 0.15) is 0 Å². The van der Waals surface area contributed by atoms with Crippen LogP contribution in [0.15, 0.2) is 12.1 Å². The van der Waals surface area contributed by atoms with Gasteiger partial charge in [-0.3, -0.25) is 4.90 Å². The van der Waals surface area contributed by atoms with Gasteiger partial charge in [-0.15, -0.1) is 0 Å². The zero-order valence-corrected chi connectivity index (χ0v) is 13.6. The molecule has 118 valence electrons. The first-order valence-corrected chi connectivity index (χ1v) is 8.03. The van der Waals surface area contributed by atoms with Crippen LogP contribution < -0.4 is 10.5 Å². The lowest BCUT2D eigenvalue weighted by atomic mass is 9.95. The van der Waals surface area contributed by atoms with Gasteiger partial charge in [-0.2, -0.15) is 0 Å². The van der Waals surface area contributed by atoms with E-state index in [0.717, 1.165) is 24.6 Å². The van der Waals surface area contributed by atoms with Gasteiger partial charge >= 0.3 is 0 Å². The molecule has 0 bridgehead atoms. The van der Waals surface area contributed by atoms with E-state index in [9.17, 15) is 5.11 Å². The monoisotopic (exact) mass is 312 g/mol. The summed E-state index contributed by atoms with van der Waals surface area (Å²) in [4.78, 5) is 2.40. The molecule has 1 atom stereocenters. The number of ether oxygens (including phenoxy) is 1. The molecule has 1 aliphatic rings. The third kappa shape index (κ3) is 3.82. The maximum atomic E-state index is 9.95.